The number of para-hydroxylation sites is 1. The number of phenols is 1. The molecule has 3 heteroatoms. The third-order valence-corrected chi connectivity index (χ3v) is 7.75. The maximum absolute atomic E-state index is 11.2. The van der Waals surface area contributed by atoms with Crippen LogP contribution in [0.25, 0.3) is 0 Å². The summed E-state index contributed by atoms with van der Waals surface area (Å²) in [5.74, 6) is 0.804. The molecule has 0 aromatic heterocycles. The maximum atomic E-state index is 11.2. The summed E-state index contributed by atoms with van der Waals surface area (Å²) in [6, 6.07) is 12.6. The molecule has 0 fully saturated rings. The van der Waals surface area contributed by atoms with Crippen molar-refractivity contribution in [3.63, 3.8) is 0 Å². The van der Waals surface area contributed by atoms with Crippen LogP contribution in [0.15, 0.2) is 36.4 Å². The Labute approximate surface area is 173 Å². The van der Waals surface area contributed by atoms with Crippen LogP contribution in [0.1, 0.15) is 89.0 Å². The van der Waals surface area contributed by atoms with E-state index in [0.29, 0.717) is 20.2 Å². The van der Waals surface area contributed by atoms with E-state index in [9.17, 15) is 10.2 Å². The van der Waals surface area contributed by atoms with Gasteiger partial charge in [-0.2, -0.15) is 0 Å². The Hall–Kier alpha value is -1.37. The Morgan fingerprint density at radius 2 is 1.71 bits per heavy atom. The van der Waals surface area contributed by atoms with Gasteiger partial charge in [0.25, 0.3) is 0 Å². The molecular formula is C25H37O2P. The van der Waals surface area contributed by atoms with Gasteiger partial charge in [-0.15, -0.1) is 0 Å². The summed E-state index contributed by atoms with van der Waals surface area (Å²) in [6.07, 6.45) is 3.10. The molecule has 2 rings (SSSR count). The smallest absolute Gasteiger partial charge is 0.123 e. The van der Waals surface area contributed by atoms with E-state index in [1.807, 2.05) is 13.8 Å². The molecule has 0 radical (unpaired) electrons. The zero-order valence-electron chi connectivity index (χ0n) is 18.6. The molecule has 2 aromatic carbocycles. The van der Waals surface area contributed by atoms with Gasteiger partial charge in [-0.25, -0.2) is 0 Å². The summed E-state index contributed by atoms with van der Waals surface area (Å²) in [6.45, 7) is 14.6. The first-order valence-corrected chi connectivity index (χ1v) is 11.5. The fourth-order valence-corrected chi connectivity index (χ4v) is 5.70. The van der Waals surface area contributed by atoms with Crippen LogP contribution in [-0.4, -0.2) is 10.2 Å². The highest BCUT2D eigenvalue weighted by Gasteiger charge is 2.32. The monoisotopic (exact) mass is 400 g/mol. The van der Waals surface area contributed by atoms with Crippen LogP contribution in [-0.2, 0) is 10.8 Å². The zero-order chi connectivity index (χ0) is 21.1. The van der Waals surface area contributed by atoms with Crippen molar-refractivity contribution in [2.75, 3.05) is 0 Å². The Morgan fingerprint density at radius 3 is 2.29 bits per heavy atom. The molecule has 0 saturated heterocycles. The maximum Gasteiger partial charge on any atom is 0.123 e. The van der Waals surface area contributed by atoms with E-state index in [1.165, 1.54) is 5.30 Å². The van der Waals surface area contributed by atoms with Crippen LogP contribution in [0, 0.1) is 6.92 Å². The minimum absolute atomic E-state index is 0.179. The van der Waals surface area contributed by atoms with E-state index >= 15 is 0 Å². The molecule has 154 valence electrons. The van der Waals surface area contributed by atoms with Gasteiger partial charge in [0.2, 0.25) is 0 Å². The molecule has 0 aliphatic carbocycles. The number of aryl methyl sites for hydroxylation is 1. The zero-order valence-corrected chi connectivity index (χ0v) is 19.6. The second-order valence-corrected chi connectivity index (χ2v) is 10.7. The molecule has 0 bridgehead atoms. The number of aliphatic hydroxyl groups is 1. The van der Waals surface area contributed by atoms with Gasteiger partial charge in [0.15, 0.2) is 0 Å². The van der Waals surface area contributed by atoms with E-state index in [1.54, 1.807) is 0 Å². The van der Waals surface area contributed by atoms with Crippen LogP contribution in [0.3, 0.4) is 0 Å². The van der Waals surface area contributed by atoms with Crippen molar-refractivity contribution >= 4 is 13.9 Å². The third-order valence-electron chi connectivity index (χ3n) is 5.87. The standard InChI is InChI=1S/C25H37O2P/c1-8-11-18(4)19-12-10-13-20(23(19)26)25(7,9-2)28-22-15-14-17(3)16-21(22)24(5,6)27/h10,12-16,18,26-28H,8-9,11H2,1-7H3. The second-order valence-electron chi connectivity index (χ2n) is 8.85. The summed E-state index contributed by atoms with van der Waals surface area (Å²) in [7, 11) is 0.462. The van der Waals surface area contributed by atoms with Gasteiger partial charge in [0.05, 0.1) is 5.60 Å². The lowest BCUT2D eigenvalue weighted by Gasteiger charge is -2.33. The van der Waals surface area contributed by atoms with Gasteiger partial charge < -0.3 is 10.2 Å². The van der Waals surface area contributed by atoms with Gasteiger partial charge >= 0.3 is 0 Å². The second kappa shape index (κ2) is 8.97. The number of aromatic hydroxyl groups is 1. The number of phenolic OH excluding ortho intramolecular Hbond substituents is 1. The Balaban J connectivity index is 2.52. The summed E-state index contributed by atoms with van der Waals surface area (Å²) in [5.41, 5.74) is 3.33. The first kappa shape index (κ1) is 22.9. The average molecular weight is 401 g/mol. The van der Waals surface area contributed by atoms with Gasteiger partial charge in [0.1, 0.15) is 5.75 Å². The lowest BCUT2D eigenvalue weighted by atomic mass is 9.89. The van der Waals surface area contributed by atoms with E-state index in [-0.39, 0.29) is 5.16 Å². The van der Waals surface area contributed by atoms with Crippen LogP contribution < -0.4 is 5.30 Å². The lowest BCUT2D eigenvalue weighted by Crippen LogP contribution is -2.27. The van der Waals surface area contributed by atoms with Crippen molar-refractivity contribution in [3.05, 3.63) is 58.7 Å². The molecule has 2 nitrogen and oxygen atoms in total. The molecule has 2 aromatic rings. The van der Waals surface area contributed by atoms with Crippen LogP contribution in [0.5, 0.6) is 5.75 Å². The first-order valence-electron chi connectivity index (χ1n) is 10.5. The summed E-state index contributed by atoms with van der Waals surface area (Å²) >= 11 is 0. The Kier molecular flexibility index (Phi) is 7.34. The molecule has 0 aliphatic rings. The average Bonchev–Trinajstić information content (AvgIpc) is 2.62. The van der Waals surface area contributed by atoms with Crippen LogP contribution in [0.2, 0.25) is 0 Å². The van der Waals surface area contributed by atoms with E-state index in [0.717, 1.165) is 41.5 Å². The highest BCUT2D eigenvalue weighted by atomic mass is 31.1. The largest absolute Gasteiger partial charge is 0.507 e. The normalized spacial score (nSPS) is 15.7. The SMILES string of the molecule is CCCC(C)c1cccc(C(C)(CC)Pc2ccc(C)cc2C(C)(C)O)c1O. The van der Waals surface area contributed by atoms with Crippen LogP contribution >= 0.6 is 8.58 Å². The number of hydrogen-bond donors (Lipinski definition) is 2. The topological polar surface area (TPSA) is 40.5 Å². The van der Waals surface area contributed by atoms with Crippen molar-refractivity contribution in [1.29, 1.82) is 0 Å². The van der Waals surface area contributed by atoms with Crippen molar-refractivity contribution in [3.8, 4) is 5.75 Å². The highest BCUT2D eigenvalue weighted by Crippen LogP contribution is 2.49. The Morgan fingerprint density at radius 1 is 1.04 bits per heavy atom. The van der Waals surface area contributed by atoms with Crippen molar-refractivity contribution < 1.29 is 10.2 Å². The van der Waals surface area contributed by atoms with E-state index < -0.39 is 5.60 Å². The summed E-state index contributed by atoms with van der Waals surface area (Å²) in [4.78, 5) is 0. The van der Waals surface area contributed by atoms with Crippen molar-refractivity contribution in [2.24, 2.45) is 0 Å². The van der Waals surface area contributed by atoms with Gasteiger partial charge in [-0.3, -0.25) is 0 Å². The molecule has 3 atom stereocenters. The molecule has 2 N–H and O–H groups in total. The molecule has 28 heavy (non-hydrogen) atoms. The van der Waals surface area contributed by atoms with Gasteiger partial charge in [0, 0.05) is 10.7 Å². The lowest BCUT2D eigenvalue weighted by molar-refractivity contribution is 0.0796. The van der Waals surface area contributed by atoms with Crippen LogP contribution in [0.4, 0.5) is 0 Å². The quantitative estimate of drug-likeness (QED) is 0.499. The fraction of sp³-hybridized carbons (Fsp3) is 0.520. The highest BCUT2D eigenvalue weighted by molar-refractivity contribution is 7.48. The summed E-state index contributed by atoms with van der Waals surface area (Å²) < 4.78 is 0. The fourth-order valence-electron chi connectivity index (χ4n) is 3.91. The van der Waals surface area contributed by atoms with Crippen molar-refractivity contribution in [2.45, 2.75) is 84.4 Å². The van der Waals surface area contributed by atoms with Gasteiger partial charge in [-0.05, 0) is 56.0 Å². The molecule has 0 aliphatic heterocycles. The van der Waals surface area contributed by atoms with Gasteiger partial charge in [-0.1, -0.05) is 84.7 Å². The molecule has 0 heterocycles. The van der Waals surface area contributed by atoms with E-state index in [4.69, 9.17) is 0 Å². The Bertz CT molecular complexity index is 807. The minimum atomic E-state index is -0.886. The van der Waals surface area contributed by atoms with Crippen molar-refractivity contribution in [1.82, 2.24) is 0 Å². The number of hydrogen-bond acceptors (Lipinski definition) is 2. The predicted octanol–water partition coefficient (Wildman–Crippen LogP) is 6.46. The first-order chi connectivity index (χ1) is 13.0. The molecule has 0 spiro atoms. The number of rotatable bonds is 8. The predicted molar refractivity (Wildman–Crippen MR) is 123 cm³/mol. The molecule has 0 amide bonds. The summed E-state index contributed by atoms with van der Waals surface area (Å²) in [5, 5.41) is 22.9. The number of benzene rings is 2. The molecule has 3 unspecified atom stereocenters. The molecule has 0 saturated carbocycles. The minimum Gasteiger partial charge on any atom is -0.507 e. The third kappa shape index (κ3) is 4.97. The molecular weight excluding hydrogens is 363 g/mol. The van der Waals surface area contributed by atoms with E-state index in [2.05, 4.69) is 71.0 Å².